The quantitative estimate of drug-likeness (QED) is 0.812. The molecule has 0 aliphatic carbocycles. The van der Waals surface area contributed by atoms with E-state index in [1.807, 2.05) is 45.0 Å². The van der Waals surface area contributed by atoms with Crippen molar-refractivity contribution in [3.8, 4) is 0 Å². The zero-order valence-corrected chi connectivity index (χ0v) is 12.7. The lowest BCUT2D eigenvalue weighted by Crippen LogP contribution is -2.31. The molecule has 0 unspecified atom stereocenters. The number of hydrogen-bond acceptors (Lipinski definition) is 4. The van der Waals surface area contributed by atoms with Gasteiger partial charge < -0.3 is 15.4 Å². The van der Waals surface area contributed by atoms with E-state index in [2.05, 4.69) is 10.6 Å². The van der Waals surface area contributed by atoms with Crippen molar-refractivity contribution in [2.24, 2.45) is 0 Å². The second-order valence-corrected chi connectivity index (χ2v) is 5.78. The highest BCUT2D eigenvalue weighted by atomic mass is 16.6. The molecule has 0 radical (unpaired) electrons. The number of cyclic esters (lactones) is 1. The normalized spacial score (nSPS) is 21.2. The maximum atomic E-state index is 11.7. The summed E-state index contributed by atoms with van der Waals surface area (Å²) in [5.74, 6) is -0.193. The van der Waals surface area contributed by atoms with Crippen molar-refractivity contribution in [1.82, 2.24) is 5.32 Å². The molecule has 114 valence electrons. The van der Waals surface area contributed by atoms with Gasteiger partial charge in [-0.2, -0.15) is 0 Å². The van der Waals surface area contributed by atoms with Crippen LogP contribution >= 0.6 is 0 Å². The maximum Gasteiger partial charge on any atom is 0.328 e. The highest BCUT2D eigenvalue weighted by Gasteiger charge is 2.31. The fraction of sp³-hybridized carbons (Fsp3) is 0.500. The number of carbonyl (C=O) groups excluding carboxylic acids is 2. The van der Waals surface area contributed by atoms with E-state index in [1.54, 1.807) is 0 Å². The Kier molecular flexibility index (Phi) is 4.83. The largest absolute Gasteiger partial charge is 0.461 e. The topological polar surface area (TPSA) is 67.4 Å². The predicted molar refractivity (Wildman–Crippen MR) is 81.0 cm³/mol. The summed E-state index contributed by atoms with van der Waals surface area (Å²) < 4.78 is 5.10. The molecule has 2 rings (SSSR count). The lowest BCUT2D eigenvalue weighted by molar-refractivity contribution is -0.141. The molecular weight excluding hydrogens is 268 g/mol. The van der Waals surface area contributed by atoms with Crippen molar-refractivity contribution in [2.45, 2.75) is 51.8 Å². The number of ether oxygens (including phenoxy) is 1. The van der Waals surface area contributed by atoms with Gasteiger partial charge in [0.25, 0.3) is 0 Å². The summed E-state index contributed by atoms with van der Waals surface area (Å²) in [6.45, 7) is 5.76. The van der Waals surface area contributed by atoms with E-state index in [-0.39, 0.29) is 30.1 Å². The molecule has 5 nitrogen and oxygen atoms in total. The number of esters is 1. The Morgan fingerprint density at radius 1 is 1.33 bits per heavy atom. The minimum atomic E-state index is -0.282. The summed E-state index contributed by atoms with van der Waals surface area (Å²) in [7, 11) is 0. The van der Waals surface area contributed by atoms with Gasteiger partial charge in [0.1, 0.15) is 12.1 Å². The molecule has 1 amide bonds. The van der Waals surface area contributed by atoms with Crippen LogP contribution in [0.15, 0.2) is 24.3 Å². The molecule has 21 heavy (non-hydrogen) atoms. The van der Waals surface area contributed by atoms with E-state index in [4.69, 9.17) is 4.74 Å². The zero-order chi connectivity index (χ0) is 15.4. The van der Waals surface area contributed by atoms with Crippen molar-refractivity contribution >= 4 is 17.6 Å². The van der Waals surface area contributed by atoms with E-state index < -0.39 is 0 Å². The van der Waals surface area contributed by atoms with Crippen LogP contribution in [0.2, 0.25) is 0 Å². The third-order valence-electron chi connectivity index (χ3n) is 3.28. The Balaban J connectivity index is 1.90. The molecule has 1 aliphatic rings. The summed E-state index contributed by atoms with van der Waals surface area (Å²) >= 11 is 0. The molecule has 1 aromatic carbocycles. The summed E-state index contributed by atoms with van der Waals surface area (Å²) in [4.78, 5) is 23.2. The van der Waals surface area contributed by atoms with E-state index in [0.717, 1.165) is 11.3 Å². The lowest BCUT2D eigenvalue weighted by atomic mass is 10.1. The molecule has 0 spiro atoms. The number of benzene rings is 1. The maximum absolute atomic E-state index is 11.7. The van der Waals surface area contributed by atoms with E-state index in [0.29, 0.717) is 12.8 Å². The first-order chi connectivity index (χ1) is 9.94. The first kappa shape index (κ1) is 15.4. The van der Waals surface area contributed by atoms with Crippen LogP contribution in [0.5, 0.6) is 0 Å². The molecule has 1 aromatic rings. The van der Waals surface area contributed by atoms with Gasteiger partial charge in [-0.15, -0.1) is 0 Å². The molecule has 0 aromatic heterocycles. The van der Waals surface area contributed by atoms with Crippen LogP contribution in [-0.2, 0) is 20.7 Å². The number of carbonyl (C=O) groups is 2. The van der Waals surface area contributed by atoms with Gasteiger partial charge in [-0.1, -0.05) is 12.1 Å². The third kappa shape index (κ3) is 4.48. The molecule has 1 fully saturated rings. The average Bonchev–Trinajstić information content (AvgIpc) is 2.69. The second kappa shape index (κ2) is 6.61. The van der Waals surface area contributed by atoms with Crippen LogP contribution in [-0.4, -0.2) is 30.1 Å². The average molecular weight is 290 g/mol. The number of rotatable bonds is 5. The number of anilines is 1. The van der Waals surface area contributed by atoms with Gasteiger partial charge in [0.05, 0.1) is 6.42 Å². The summed E-state index contributed by atoms with van der Waals surface area (Å²) in [6.07, 6.45) is 1.01. The molecule has 2 atom stereocenters. The second-order valence-electron chi connectivity index (χ2n) is 5.78. The molecule has 0 bridgehead atoms. The molecule has 1 aliphatic heterocycles. The molecule has 1 saturated heterocycles. The predicted octanol–water partition coefficient (Wildman–Crippen LogP) is 1.87. The Labute approximate surface area is 125 Å². The van der Waals surface area contributed by atoms with Crippen LogP contribution in [0.1, 0.15) is 32.8 Å². The van der Waals surface area contributed by atoms with Crippen LogP contribution in [0.3, 0.4) is 0 Å². The van der Waals surface area contributed by atoms with Gasteiger partial charge in [-0.25, -0.2) is 4.79 Å². The summed E-state index contributed by atoms with van der Waals surface area (Å²) in [6, 6.07) is 7.42. The fourth-order valence-electron chi connectivity index (χ4n) is 2.35. The van der Waals surface area contributed by atoms with Crippen LogP contribution < -0.4 is 10.6 Å². The van der Waals surface area contributed by atoms with Gasteiger partial charge in [0.2, 0.25) is 5.91 Å². The van der Waals surface area contributed by atoms with Crippen molar-refractivity contribution in [2.75, 3.05) is 5.32 Å². The van der Waals surface area contributed by atoms with Gasteiger partial charge in [0, 0.05) is 18.2 Å². The highest BCUT2D eigenvalue weighted by Crippen LogP contribution is 2.19. The minimum Gasteiger partial charge on any atom is -0.461 e. The SMILES string of the molecule is CC(C)NC(=O)Cc1ccc(N[C@@H]2C[C@@H](C)OC2=O)cc1. The standard InChI is InChI=1S/C16H22N2O3/c1-10(2)17-15(19)9-12-4-6-13(7-5-12)18-14-8-11(3)21-16(14)20/h4-7,10-11,14,18H,8-9H2,1-3H3,(H,17,19)/t11-,14-/m1/s1. The molecule has 0 saturated carbocycles. The third-order valence-corrected chi connectivity index (χ3v) is 3.28. The number of hydrogen-bond donors (Lipinski definition) is 2. The van der Waals surface area contributed by atoms with E-state index in [9.17, 15) is 9.59 Å². The van der Waals surface area contributed by atoms with Crippen LogP contribution in [0.25, 0.3) is 0 Å². The first-order valence-electron chi connectivity index (χ1n) is 7.29. The molecular formula is C16H22N2O3. The van der Waals surface area contributed by atoms with Crippen molar-refractivity contribution in [3.05, 3.63) is 29.8 Å². The fourth-order valence-corrected chi connectivity index (χ4v) is 2.35. The Hall–Kier alpha value is -2.04. The number of nitrogens with one attached hydrogen (secondary N) is 2. The summed E-state index contributed by atoms with van der Waals surface area (Å²) in [5.41, 5.74) is 1.81. The molecule has 1 heterocycles. The lowest BCUT2D eigenvalue weighted by Gasteiger charge is -2.11. The Morgan fingerprint density at radius 2 is 2.00 bits per heavy atom. The Morgan fingerprint density at radius 3 is 2.52 bits per heavy atom. The van der Waals surface area contributed by atoms with Gasteiger partial charge in [0.15, 0.2) is 0 Å². The van der Waals surface area contributed by atoms with Crippen molar-refractivity contribution in [3.63, 3.8) is 0 Å². The zero-order valence-electron chi connectivity index (χ0n) is 12.7. The van der Waals surface area contributed by atoms with Crippen molar-refractivity contribution < 1.29 is 14.3 Å². The van der Waals surface area contributed by atoms with Crippen LogP contribution in [0, 0.1) is 0 Å². The molecule has 5 heteroatoms. The van der Waals surface area contributed by atoms with E-state index in [1.165, 1.54) is 0 Å². The van der Waals surface area contributed by atoms with Gasteiger partial charge in [-0.3, -0.25) is 4.79 Å². The monoisotopic (exact) mass is 290 g/mol. The van der Waals surface area contributed by atoms with Gasteiger partial charge >= 0.3 is 5.97 Å². The highest BCUT2D eigenvalue weighted by molar-refractivity contribution is 5.81. The molecule has 2 N–H and O–H groups in total. The van der Waals surface area contributed by atoms with E-state index >= 15 is 0 Å². The number of amides is 1. The Bertz CT molecular complexity index is 511. The van der Waals surface area contributed by atoms with Crippen molar-refractivity contribution in [1.29, 1.82) is 0 Å². The first-order valence-corrected chi connectivity index (χ1v) is 7.29. The summed E-state index contributed by atoms with van der Waals surface area (Å²) in [5, 5.41) is 6.02. The minimum absolute atomic E-state index is 0.0129. The smallest absolute Gasteiger partial charge is 0.328 e. The van der Waals surface area contributed by atoms with Crippen LogP contribution in [0.4, 0.5) is 5.69 Å². The van der Waals surface area contributed by atoms with Gasteiger partial charge in [-0.05, 0) is 38.5 Å².